The molecule has 1 rings (SSSR count). The Morgan fingerprint density at radius 2 is 1.79 bits per heavy atom. The fourth-order valence-electron chi connectivity index (χ4n) is 2.29. The number of amides is 2. The van der Waals surface area contributed by atoms with E-state index in [1.54, 1.807) is 24.3 Å². The van der Waals surface area contributed by atoms with E-state index in [9.17, 15) is 14.4 Å². The van der Waals surface area contributed by atoms with Crippen LogP contribution in [0.25, 0.3) is 0 Å². The number of ketones is 1. The molecule has 0 aliphatic heterocycles. The zero-order valence-electron chi connectivity index (χ0n) is 15.0. The first-order valence-corrected chi connectivity index (χ1v) is 8.11. The van der Waals surface area contributed by atoms with Crippen LogP contribution in [0.15, 0.2) is 24.3 Å². The monoisotopic (exact) mass is 333 g/mol. The van der Waals surface area contributed by atoms with Gasteiger partial charge in [0, 0.05) is 37.7 Å². The molecule has 0 fully saturated rings. The van der Waals surface area contributed by atoms with Crippen molar-refractivity contribution in [3.63, 3.8) is 0 Å². The molecule has 0 aliphatic rings. The molecule has 1 aromatic carbocycles. The van der Waals surface area contributed by atoms with Crippen LogP contribution in [0.3, 0.4) is 0 Å². The summed E-state index contributed by atoms with van der Waals surface area (Å²) in [7, 11) is 3.98. The zero-order valence-corrected chi connectivity index (χ0v) is 15.0. The van der Waals surface area contributed by atoms with E-state index in [1.807, 2.05) is 14.1 Å². The highest BCUT2D eigenvalue weighted by Gasteiger charge is 2.14. The standard InChI is InChI=1S/C18H27N3O3/c1-14(22)16-7-5-8-17(13-16)21(15(2)23)12-9-18(24)19-10-6-11-20(3)4/h5,7-8,13H,6,9-12H2,1-4H3,(H,19,24). The molecule has 0 unspecified atom stereocenters. The normalized spacial score (nSPS) is 10.5. The molecular weight excluding hydrogens is 306 g/mol. The van der Waals surface area contributed by atoms with E-state index < -0.39 is 0 Å². The fraction of sp³-hybridized carbons (Fsp3) is 0.500. The van der Waals surface area contributed by atoms with E-state index in [2.05, 4.69) is 10.2 Å². The van der Waals surface area contributed by atoms with E-state index in [0.29, 0.717) is 17.8 Å². The van der Waals surface area contributed by atoms with Crippen molar-refractivity contribution >= 4 is 23.3 Å². The number of hydrogen-bond acceptors (Lipinski definition) is 4. The molecule has 1 aromatic rings. The molecule has 1 N–H and O–H groups in total. The molecule has 0 atom stereocenters. The first kappa shape index (κ1) is 19.8. The van der Waals surface area contributed by atoms with Crippen molar-refractivity contribution in [1.82, 2.24) is 10.2 Å². The molecule has 0 aromatic heterocycles. The molecule has 132 valence electrons. The number of nitrogens with one attached hydrogen (secondary N) is 1. The zero-order chi connectivity index (χ0) is 18.1. The van der Waals surface area contributed by atoms with Gasteiger partial charge in [0.05, 0.1) is 0 Å². The number of anilines is 1. The minimum atomic E-state index is -0.156. The molecule has 0 radical (unpaired) electrons. The van der Waals surface area contributed by atoms with Gasteiger partial charge in [0.25, 0.3) is 0 Å². The topological polar surface area (TPSA) is 69.7 Å². The van der Waals surface area contributed by atoms with Crippen LogP contribution in [0.2, 0.25) is 0 Å². The van der Waals surface area contributed by atoms with Gasteiger partial charge in [-0.05, 0) is 46.1 Å². The van der Waals surface area contributed by atoms with Gasteiger partial charge in [0.2, 0.25) is 11.8 Å². The minimum Gasteiger partial charge on any atom is -0.356 e. The summed E-state index contributed by atoms with van der Waals surface area (Å²) < 4.78 is 0. The van der Waals surface area contributed by atoms with Gasteiger partial charge in [0.1, 0.15) is 0 Å². The summed E-state index contributed by atoms with van der Waals surface area (Å²) >= 11 is 0. The van der Waals surface area contributed by atoms with Crippen molar-refractivity contribution in [2.45, 2.75) is 26.7 Å². The first-order chi connectivity index (χ1) is 11.3. The summed E-state index contributed by atoms with van der Waals surface area (Å²) in [6, 6.07) is 6.90. The SMILES string of the molecule is CC(=O)c1cccc(N(CCC(=O)NCCCN(C)C)C(C)=O)c1. The summed E-state index contributed by atoms with van der Waals surface area (Å²) in [5.74, 6) is -0.294. The molecule has 0 bridgehead atoms. The quantitative estimate of drug-likeness (QED) is 0.552. The number of hydrogen-bond donors (Lipinski definition) is 1. The lowest BCUT2D eigenvalue weighted by Crippen LogP contribution is -2.34. The maximum atomic E-state index is 11.9. The lowest BCUT2D eigenvalue weighted by atomic mass is 10.1. The molecule has 6 heteroatoms. The van der Waals surface area contributed by atoms with Gasteiger partial charge in [-0.25, -0.2) is 0 Å². The van der Waals surface area contributed by atoms with Crippen LogP contribution in [-0.2, 0) is 9.59 Å². The summed E-state index contributed by atoms with van der Waals surface area (Å²) in [6.07, 6.45) is 1.11. The second-order valence-corrected chi connectivity index (χ2v) is 6.03. The van der Waals surface area contributed by atoms with E-state index in [-0.39, 0.29) is 30.6 Å². The van der Waals surface area contributed by atoms with E-state index in [0.717, 1.165) is 13.0 Å². The Morgan fingerprint density at radius 3 is 2.38 bits per heavy atom. The average Bonchev–Trinajstić information content (AvgIpc) is 2.51. The minimum absolute atomic E-state index is 0.0565. The number of carbonyl (C=O) groups is 3. The number of Topliss-reactive ketones (excluding diaryl/α,β-unsaturated/α-hetero) is 1. The highest BCUT2D eigenvalue weighted by atomic mass is 16.2. The van der Waals surface area contributed by atoms with Gasteiger partial charge in [-0.15, -0.1) is 0 Å². The van der Waals surface area contributed by atoms with Crippen LogP contribution in [0.1, 0.15) is 37.0 Å². The second kappa shape index (κ2) is 9.82. The third-order valence-corrected chi connectivity index (χ3v) is 3.61. The van der Waals surface area contributed by atoms with Crippen molar-refractivity contribution in [2.75, 3.05) is 38.6 Å². The van der Waals surface area contributed by atoms with Crippen LogP contribution in [0, 0.1) is 0 Å². The Balaban J connectivity index is 2.58. The number of carbonyl (C=O) groups excluding carboxylic acids is 3. The Kier molecular flexibility index (Phi) is 8.12. The molecule has 0 heterocycles. The first-order valence-electron chi connectivity index (χ1n) is 8.11. The predicted octanol–water partition coefficient (Wildman–Crippen LogP) is 1.70. The molecule has 0 saturated heterocycles. The van der Waals surface area contributed by atoms with E-state index >= 15 is 0 Å². The van der Waals surface area contributed by atoms with E-state index in [1.165, 1.54) is 18.7 Å². The van der Waals surface area contributed by atoms with Crippen LogP contribution in [-0.4, -0.2) is 56.2 Å². The summed E-state index contributed by atoms with van der Waals surface area (Å²) in [4.78, 5) is 38.8. The van der Waals surface area contributed by atoms with Gasteiger partial charge in [-0.1, -0.05) is 12.1 Å². The predicted molar refractivity (Wildman–Crippen MR) is 95.3 cm³/mol. The van der Waals surface area contributed by atoms with Crippen molar-refractivity contribution in [2.24, 2.45) is 0 Å². The lowest BCUT2D eigenvalue weighted by molar-refractivity contribution is -0.121. The number of rotatable bonds is 9. The van der Waals surface area contributed by atoms with Gasteiger partial charge < -0.3 is 15.1 Å². The molecule has 2 amide bonds. The van der Waals surface area contributed by atoms with Crippen molar-refractivity contribution in [3.8, 4) is 0 Å². The van der Waals surface area contributed by atoms with Gasteiger partial charge in [-0.3, -0.25) is 14.4 Å². The highest BCUT2D eigenvalue weighted by molar-refractivity contribution is 5.97. The Hall–Kier alpha value is -2.21. The van der Waals surface area contributed by atoms with Gasteiger partial charge >= 0.3 is 0 Å². The Labute approximate surface area is 143 Å². The van der Waals surface area contributed by atoms with Crippen molar-refractivity contribution in [1.29, 1.82) is 0 Å². The summed E-state index contributed by atoms with van der Waals surface area (Å²) in [5, 5.41) is 2.86. The molecule has 0 aliphatic carbocycles. The Bertz CT molecular complexity index is 585. The molecule has 24 heavy (non-hydrogen) atoms. The van der Waals surface area contributed by atoms with Crippen LogP contribution in [0.4, 0.5) is 5.69 Å². The van der Waals surface area contributed by atoms with Crippen LogP contribution in [0.5, 0.6) is 0 Å². The number of nitrogens with zero attached hydrogens (tertiary/aromatic N) is 2. The summed E-state index contributed by atoms with van der Waals surface area (Å²) in [6.45, 7) is 4.76. The van der Waals surface area contributed by atoms with Crippen molar-refractivity contribution in [3.05, 3.63) is 29.8 Å². The van der Waals surface area contributed by atoms with Crippen LogP contribution < -0.4 is 10.2 Å². The van der Waals surface area contributed by atoms with Gasteiger partial charge in [0.15, 0.2) is 5.78 Å². The maximum absolute atomic E-state index is 11.9. The van der Waals surface area contributed by atoms with Crippen molar-refractivity contribution < 1.29 is 14.4 Å². The number of benzene rings is 1. The highest BCUT2D eigenvalue weighted by Crippen LogP contribution is 2.17. The fourth-order valence-corrected chi connectivity index (χ4v) is 2.29. The third kappa shape index (κ3) is 6.91. The third-order valence-electron chi connectivity index (χ3n) is 3.61. The molecule has 0 spiro atoms. The van der Waals surface area contributed by atoms with Crippen LogP contribution >= 0.6 is 0 Å². The molecular formula is C18H27N3O3. The average molecular weight is 333 g/mol. The summed E-state index contributed by atoms with van der Waals surface area (Å²) in [5.41, 5.74) is 1.18. The largest absolute Gasteiger partial charge is 0.356 e. The smallest absolute Gasteiger partial charge is 0.223 e. The lowest BCUT2D eigenvalue weighted by Gasteiger charge is -2.21. The van der Waals surface area contributed by atoms with Gasteiger partial charge in [-0.2, -0.15) is 0 Å². The Morgan fingerprint density at radius 1 is 1.08 bits per heavy atom. The molecule has 0 saturated carbocycles. The second-order valence-electron chi connectivity index (χ2n) is 6.03. The molecule has 6 nitrogen and oxygen atoms in total. The maximum Gasteiger partial charge on any atom is 0.223 e. The van der Waals surface area contributed by atoms with E-state index in [4.69, 9.17) is 0 Å².